The molecule has 1 spiro atoms. The van der Waals surface area contributed by atoms with Crippen LogP contribution in [0.15, 0.2) is 182 Å². The van der Waals surface area contributed by atoms with E-state index >= 15 is 0 Å². The van der Waals surface area contributed by atoms with Gasteiger partial charge >= 0.3 is 0 Å². The first-order chi connectivity index (χ1) is 28.6. The van der Waals surface area contributed by atoms with Gasteiger partial charge in [0, 0.05) is 27.6 Å². The van der Waals surface area contributed by atoms with E-state index in [1.807, 2.05) is 10.6 Å². The van der Waals surface area contributed by atoms with Crippen LogP contribution in [0.3, 0.4) is 0 Å². The van der Waals surface area contributed by atoms with Crippen molar-refractivity contribution in [3.05, 3.63) is 204 Å². The normalized spacial score (nSPS) is 13.4. The van der Waals surface area contributed by atoms with E-state index in [1.54, 1.807) is 0 Å². The van der Waals surface area contributed by atoms with Gasteiger partial charge in [0.2, 0.25) is 0 Å². The Morgan fingerprint density at radius 3 is 1.81 bits per heavy atom. The Balaban J connectivity index is 1.00. The Labute approximate surface area is 333 Å². The first kappa shape index (κ1) is 31.4. The van der Waals surface area contributed by atoms with Crippen LogP contribution in [-0.2, 0) is 5.41 Å². The maximum absolute atomic E-state index is 7.19. The van der Waals surface area contributed by atoms with Crippen molar-refractivity contribution in [3.8, 4) is 50.5 Å². The molecule has 0 fully saturated rings. The monoisotopic (exact) mass is 742 g/mol. The predicted molar refractivity (Wildman–Crippen MR) is 236 cm³/mol. The van der Waals surface area contributed by atoms with Crippen LogP contribution >= 0.6 is 0 Å². The van der Waals surface area contributed by atoms with E-state index < -0.39 is 5.41 Å². The summed E-state index contributed by atoms with van der Waals surface area (Å²) in [6.07, 6.45) is 1.93. The number of nitrogen functional groups attached to an aromatic ring is 2. The van der Waals surface area contributed by atoms with Gasteiger partial charge < -0.3 is 16.0 Å². The second-order valence-corrected chi connectivity index (χ2v) is 15.6. The molecule has 0 bridgehead atoms. The van der Waals surface area contributed by atoms with Crippen LogP contribution < -0.4 is 11.5 Å². The van der Waals surface area contributed by atoms with Crippen LogP contribution in [0.1, 0.15) is 22.3 Å². The third kappa shape index (κ3) is 3.79. The topological polar surface area (TPSA) is 78.7 Å². The fourth-order valence-corrected chi connectivity index (χ4v) is 10.5. The molecule has 0 saturated heterocycles. The zero-order chi connectivity index (χ0) is 38.3. The molecule has 4 aromatic heterocycles. The van der Waals surface area contributed by atoms with Gasteiger partial charge in [0.15, 0.2) is 17.3 Å². The van der Waals surface area contributed by atoms with Crippen molar-refractivity contribution in [3.63, 3.8) is 0 Å². The number of hydrogen-bond donors (Lipinski definition) is 2. The van der Waals surface area contributed by atoms with Gasteiger partial charge in [0.1, 0.15) is 0 Å². The SMILES string of the molecule is Nc1c(N)n2c(-c3cccc(-c4ccc5c(c4)c4ccccc4n5-c4ccccc4)c3)cnc2c2cc3c(n12)-c1ccccc1C31c2ccccc2-c2ccccc21. The largest absolute Gasteiger partial charge is 0.382 e. The first-order valence-corrected chi connectivity index (χ1v) is 19.7. The number of benzene rings is 7. The molecule has 4 N–H and O–H groups in total. The van der Waals surface area contributed by atoms with E-state index in [-0.39, 0.29) is 0 Å². The minimum Gasteiger partial charge on any atom is -0.382 e. The smallest absolute Gasteiger partial charge is 0.163 e. The number of nitrogens with two attached hydrogens (primary N) is 2. The number of imidazole rings is 1. The Hall–Kier alpha value is -7.83. The van der Waals surface area contributed by atoms with E-state index in [1.165, 1.54) is 55.2 Å². The quantitative estimate of drug-likeness (QED) is 0.189. The molecule has 58 heavy (non-hydrogen) atoms. The Kier molecular flexibility index (Phi) is 6.03. The molecule has 11 aromatic rings. The number of hydrogen-bond acceptors (Lipinski definition) is 3. The average molecular weight is 743 g/mol. The summed E-state index contributed by atoms with van der Waals surface area (Å²) in [5, 5.41) is 2.44. The molecule has 0 aliphatic heterocycles. The summed E-state index contributed by atoms with van der Waals surface area (Å²) in [5.41, 5.74) is 32.9. The lowest BCUT2D eigenvalue weighted by Gasteiger charge is -2.29. The molecular weight excluding hydrogens is 709 g/mol. The molecule has 0 saturated carbocycles. The van der Waals surface area contributed by atoms with Gasteiger partial charge in [-0.3, -0.25) is 8.80 Å². The highest BCUT2D eigenvalue weighted by Gasteiger charge is 2.53. The zero-order valence-electron chi connectivity index (χ0n) is 31.3. The summed E-state index contributed by atoms with van der Waals surface area (Å²) in [5.74, 6) is 0.949. The second kappa shape index (κ2) is 11.1. The minimum atomic E-state index is -0.498. The summed E-state index contributed by atoms with van der Waals surface area (Å²) in [7, 11) is 0. The van der Waals surface area contributed by atoms with Crippen molar-refractivity contribution in [2.75, 3.05) is 11.5 Å². The zero-order valence-corrected chi connectivity index (χ0v) is 31.3. The fraction of sp³-hybridized carbons (Fsp3) is 0.0192. The molecule has 2 aliphatic rings. The van der Waals surface area contributed by atoms with Crippen LogP contribution in [0.4, 0.5) is 11.6 Å². The molecule has 272 valence electrons. The van der Waals surface area contributed by atoms with Gasteiger partial charge in [0.05, 0.1) is 39.5 Å². The first-order valence-electron chi connectivity index (χ1n) is 19.7. The third-order valence-corrected chi connectivity index (χ3v) is 12.9. The standard InChI is InChI=1S/C52H34N6/c53-49-50(54)58-47(33-14-12-13-31(27-33)32-25-26-45-39(28-32)37-19-7-11-24-44(37)56(45)34-15-2-1-3-16-34)30-55-51(58)46-29-43-48(57(46)49)38-20-6-10-23-42(38)52(43)40-21-8-4-17-35(40)36-18-5-9-22-41(36)52/h1-30H,53-54H2. The molecule has 0 amide bonds. The molecule has 0 radical (unpaired) electrons. The van der Waals surface area contributed by atoms with Gasteiger partial charge in [-0.1, -0.05) is 133 Å². The van der Waals surface area contributed by atoms with Gasteiger partial charge in [-0.05, 0) is 87.0 Å². The molecule has 0 unspecified atom stereocenters. The maximum Gasteiger partial charge on any atom is 0.163 e. The van der Waals surface area contributed by atoms with Gasteiger partial charge in [0.25, 0.3) is 0 Å². The highest BCUT2D eigenvalue weighted by molar-refractivity contribution is 6.10. The van der Waals surface area contributed by atoms with Gasteiger partial charge in [-0.25, -0.2) is 4.98 Å². The lowest BCUT2D eigenvalue weighted by atomic mass is 9.71. The molecule has 13 rings (SSSR count). The summed E-state index contributed by atoms with van der Waals surface area (Å²) in [4.78, 5) is 5.11. The predicted octanol–water partition coefficient (Wildman–Crippen LogP) is 11.5. The lowest BCUT2D eigenvalue weighted by Crippen LogP contribution is -2.25. The van der Waals surface area contributed by atoms with Crippen molar-refractivity contribution in [2.24, 2.45) is 0 Å². The van der Waals surface area contributed by atoms with Crippen LogP contribution in [0.2, 0.25) is 0 Å². The second-order valence-electron chi connectivity index (χ2n) is 15.6. The molecule has 6 nitrogen and oxygen atoms in total. The molecule has 4 heterocycles. The van der Waals surface area contributed by atoms with Crippen LogP contribution in [0.5, 0.6) is 0 Å². The van der Waals surface area contributed by atoms with Gasteiger partial charge in [-0.15, -0.1) is 0 Å². The number of rotatable bonds is 3. The average Bonchev–Trinajstić information content (AvgIpc) is 4.09. The number of aromatic nitrogens is 4. The number of nitrogens with zero attached hydrogens (tertiary/aromatic N) is 4. The van der Waals surface area contributed by atoms with Crippen molar-refractivity contribution in [1.82, 2.24) is 18.4 Å². The molecule has 2 aliphatic carbocycles. The van der Waals surface area contributed by atoms with E-state index in [2.05, 4.69) is 185 Å². The number of fused-ring (bicyclic) bond motifs is 17. The van der Waals surface area contributed by atoms with Crippen molar-refractivity contribution in [1.29, 1.82) is 0 Å². The van der Waals surface area contributed by atoms with Crippen molar-refractivity contribution >= 4 is 44.6 Å². The molecule has 0 atom stereocenters. The third-order valence-electron chi connectivity index (χ3n) is 12.9. The highest BCUT2D eigenvalue weighted by atomic mass is 15.2. The Morgan fingerprint density at radius 2 is 1.03 bits per heavy atom. The Morgan fingerprint density at radius 1 is 0.431 bits per heavy atom. The van der Waals surface area contributed by atoms with Crippen molar-refractivity contribution < 1.29 is 0 Å². The minimum absolute atomic E-state index is 0.458. The fourth-order valence-electron chi connectivity index (χ4n) is 10.5. The maximum atomic E-state index is 7.19. The van der Waals surface area contributed by atoms with Crippen LogP contribution in [0, 0.1) is 0 Å². The summed E-state index contributed by atoms with van der Waals surface area (Å²) >= 11 is 0. The van der Waals surface area contributed by atoms with Gasteiger partial charge in [-0.2, -0.15) is 0 Å². The Bertz CT molecular complexity index is 3500. The molecular formula is C52H34N6. The summed E-state index contributed by atoms with van der Waals surface area (Å²) < 4.78 is 6.52. The lowest BCUT2D eigenvalue weighted by molar-refractivity contribution is 0.795. The summed E-state index contributed by atoms with van der Waals surface area (Å²) in [6.45, 7) is 0. The van der Waals surface area contributed by atoms with Crippen LogP contribution in [0.25, 0.3) is 83.4 Å². The van der Waals surface area contributed by atoms with E-state index in [0.717, 1.165) is 50.5 Å². The highest BCUT2D eigenvalue weighted by Crippen LogP contribution is 2.63. The van der Waals surface area contributed by atoms with Crippen LogP contribution in [-0.4, -0.2) is 18.4 Å². The van der Waals surface area contributed by atoms with Crippen molar-refractivity contribution in [2.45, 2.75) is 5.41 Å². The summed E-state index contributed by atoms with van der Waals surface area (Å²) in [6, 6.07) is 63.4. The molecule has 7 aromatic carbocycles. The van der Waals surface area contributed by atoms with E-state index in [9.17, 15) is 0 Å². The number of anilines is 2. The van der Waals surface area contributed by atoms with E-state index in [4.69, 9.17) is 16.5 Å². The van der Waals surface area contributed by atoms with E-state index in [0.29, 0.717) is 11.6 Å². The number of para-hydroxylation sites is 2. The molecule has 6 heteroatoms.